The van der Waals surface area contributed by atoms with Crippen molar-refractivity contribution >= 4 is 30.5 Å². The van der Waals surface area contributed by atoms with Crippen LogP contribution in [0.1, 0.15) is 6.23 Å². The number of aromatic nitrogens is 4. The first-order chi connectivity index (χ1) is 13.5. The maximum atomic E-state index is 11.5. The number of rotatable bonds is 3. The van der Waals surface area contributed by atoms with Crippen molar-refractivity contribution in [2.75, 3.05) is 11.9 Å². The number of anilines is 2. The van der Waals surface area contributed by atoms with E-state index in [4.69, 9.17) is 9.26 Å². The van der Waals surface area contributed by atoms with E-state index in [0.717, 1.165) is 5.69 Å². The summed E-state index contributed by atoms with van der Waals surface area (Å²) in [5, 5.41) is 13.7. The molecule has 2 aromatic heterocycles. The van der Waals surface area contributed by atoms with Gasteiger partial charge in [0.15, 0.2) is 23.2 Å². The molecule has 2 aliphatic rings. The van der Waals surface area contributed by atoms with E-state index in [1.54, 1.807) is 0 Å². The molecule has 5 atom stereocenters. The van der Waals surface area contributed by atoms with E-state index in [-0.39, 0.29) is 36.2 Å². The number of ether oxygens (including phenoxy) is 1. The Kier molecular flexibility index (Phi) is 5.77. The number of benzene rings is 1. The molecule has 0 aliphatic carbocycles. The van der Waals surface area contributed by atoms with Crippen molar-refractivity contribution in [2.24, 2.45) is 0 Å². The number of imidazole rings is 1. The maximum Gasteiger partial charge on any atom is 1.00 e. The van der Waals surface area contributed by atoms with Crippen LogP contribution in [-0.2, 0) is 18.3 Å². The number of nitrogens with zero attached hydrogens (tertiary/aromatic N) is 4. The molecular formula is C16H15N5NaO6P. The summed E-state index contributed by atoms with van der Waals surface area (Å²) in [6, 6.07) is 9.46. The average molecular weight is 427 g/mol. The van der Waals surface area contributed by atoms with Crippen LogP contribution in [0.25, 0.3) is 11.2 Å². The third-order valence-corrected chi connectivity index (χ3v) is 5.59. The minimum atomic E-state index is -4.44. The van der Waals surface area contributed by atoms with E-state index in [1.807, 2.05) is 30.3 Å². The second kappa shape index (κ2) is 8.03. The fourth-order valence-corrected chi connectivity index (χ4v) is 4.29. The largest absolute Gasteiger partial charge is 1.00 e. The smallest absolute Gasteiger partial charge is 0.756 e. The van der Waals surface area contributed by atoms with Crippen LogP contribution in [0.15, 0.2) is 43.0 Å². The molecule has 4 heterocycles. The minimum absolute atomic E-state index is 0. The van der Waals surface area contributed by atoms with E-state index in [9.17, 15) is 14.6 Å². The molecule has 13 heteroatoms. The van der Waals surface area contributed by atoms with Crippen LogP contribution in [0, 0.1) is 0 Å². The number of aliphatic hydroxyl groups is 1. The van der Waals surface area contributed by atoms with Crippen molar-refractivity contribution in [1.29, 1.82) is 0 Å². The van der Waals surface area contributed by atoms with E-state index in [2.05, 4.69) is 24.8 Å². The Labute approximate surface area is 187 Å². The van der Waals surface area contributed by atoms with Crippen molar-refractivity contribution in [3.63, 3.8) is 0 Å². The predicted molar refractivity (Wildman–Crippen MR) is 93.4 cm³/mol. The Morgan fingerprint density at radius 3 is 2.83 bits per heavy atom. The Morgan fingerprint density at radius 1 is 1.24 bits per heavy atom. The Balaban J connectivity index is 0.00000205. The van der Waals surface area contributed by atoms with Crippen molar-refractivity contribution in [3.05, 3.63) is 43.0 Å². The number of hydrogen-bond donors (Lipinski definition) is 2. The third-order valence-electron chi connectivity index (χ3n) is 4.63. The molecule has 2 fully saturated rings. The van der Waals surface area contributed by atoms with E-state index in [0.29, 0.717) is 17.0 Å². The number of nitrogens with one attached hydrogen (secondary N) is 1. The molecule has 0 saturated carbocycles. The molecule has 0 amide bonds. The van der Waals surface area contributed by atoms with Gasteiger partial charge in [0.25, 0.3) is 7.82 Å². The van der Waals surface area contributed by atoms with Gasteiger partial charge in [-0.05, 0) is 12.1 Å². The molecule has 0 bridgehead atoms. The zero-order valence-corrected chi connectivity index (χ0v) is 18.2. The molecule has 3 aromatic rings. The number of phosphoric acid groups is 1. The van der Waals surface area contributed by atoms with Gasteiger partial charge in [0, 0.05) is 5.69 Å². The summed E-state index contributed by atoms with van der Waals surface area (Å²) in [4.78, 5) is 24.3. The SMILES string of the molecule is O=P1([O-])OC[C@H]2O[C@@H](n3cnc4c(Nc5ccccc5)ncnc43)[C@H](O)[C@@H]2O1.[Na+]. The monoisotopic (exact) mass is 427 g/mol. The first-order valence-electron chi connectivity index (χ1n) is 8.49. The summed E-state index contributed by atoms with van der Waals surface area (Å²) in [7, 11) is -4.44. The second-order valence-electron chi connectivity index (χ2n) is 6.41. The quantitative estimate of drug-likeness (QED) is 0.346. The van der Waals surface area contributed by atoms with Crippen LogP contribution < -0.4 is 39.8 Å². The van der Waals surface area contributed by atoms with Crippen LogP contribution in [-0.4, -0.2) is 49.5 Å². The van der Waals surface area contributed by atoms with Crippen LogP contribution in [0.3, 0.4) is 0 Å². The van der Waals surface area contributed by atoms with E-state index >= 15 is 0 Å². The normalized spacial score (nSPS) is 31.2. The number of aliphatic hydroxyl groups excluding tert-OH is 1. The van der Waals surface area contributed by atoms with Gasteiger partial charge in [-0.25, -0.2) is 15.0 Å². The van der Waals surface area contributed by atoms with Gasteiger partial charge < -0.3 is 29.1 Å². The van der Waals surface area contributed by atoms with Gasteiger partial charge in [0.2, 0.25) is 0 Å². The fraction of sp³-hybridized carbons (Fsp3) is 0.312. The summed E-state index contributed by atoms with van der Waals surface area (Å²) in [5.41, 5.74) is 1.73. The molecule has 29 heavy (non-hydrogen) atoms. The van der Waals surface area contributed by atoms with Gasteiger partial charge in [-0.3, -0.25) is 9.13 Å². The summed E-state index contributed by atoms with van der Waals surface area (Å²) >= 11 is 0. The van der Waals surface area contributed by atoms with Crippen molar-refractivity contribution in [1.82, 2.24) is 19.5 Å². The van der Waals surface area contributed by atoms with Gasteiger partial charge in [0.1, 0.15) is 24.6 Å². The Morgan fingerprint density at radius 2 is 2.03 bits per heavy atom. The molecule has 0 spiro atoms. The molecule has 5 rings (SSSR count). The van der Waals surface area contributed by atoms with Gasteiger partial charge >= 0.3 is 29.6 Å². The van der Waals surface area contributed by atoms with E-state index < -0.39 is 32.4 Å². The molecule has 1 unspecified atom stereocenters. The molecular weight excluding hydrogens is 412 g/mol. The van der Waals surface area contributed by atoms with Gasteiger partial charge in [0.05, 0.1) is 12.9 Å². The number of fused-ring (bicyclic) bond motifs is 2. The first-order valence-corrected chi connectivity index (χ1v) is 9.95. The fourth-order valence-electron chi connectivity index (χ4n) is 3.35. The van der Waals surface area contributed by atoms with Crippen molar-refractivity contribution in [2.45, 2.75) is 24.5 Å². The Bertz CT molecular complexity index is 1070. The molecule has 11 nitrogen and oxygen atoms in total. The summed E-state index contributed by atoms with van der Waals surface area (Å²) in [5.74, 6) is 0.489. The summed E-state index contributed by atoms with van der Waals surface area (Å²) in [6.45, 7) is -0.221. The zero-order valence-electron chi connectivity index (χ0n) is 15.3. The topological polar surface area (TPSA) is 144 Å². The van der Waals surface area contributed by atoms with Crippen molar-refractivity contribution in [3.8, 4) is 0 Å². The van der Waals surface area contributed by atoms with E-state index in [1.165, 1.54) is 17.2 Å². The second-order valence-corrected chi connectivity index (χ2v) is 7.77. The predicted octanol–water partition coefficient (Wildman–Crippen LogP) is -2.28. The average Bonchev–Trinajstić information content (AvgIpc) is 3.24. The van der Waals surface area contributed by atoms with Gasteiger partial charge in [-0.1, -0.05) is 18.2 Å². The standard InChI is InChI=1S/C16H16N5O6P.Na/c22-12-13-10(6-25-28(23,24)27-13)26-16(12)21-8-19-11-14(17-7-18-15(11)21)20-9-4-2-1-3-5-9;/h1-5,7-8,10,12-13,16,22H,6H2,(H,23,24)(H,17,18,20);/q;+1/p-1/t10-,12-,13-,16-;/m1./s1. The number of hydrogen-bond acceptors (Lipinski definition) is 10. The van der Waals surface area contributed by atoms with Crippen LogP contribution in [0.4, 0.5) is 11.5 Å². The molecule has 2 N–H and O–H groups in total. The zero-order chi connectivity index (χ0) is 19.3. The molecule has 0 radical (unpaired) electrons. The van der Waals surface area contributed by atoms with Crippen LogP contribution >= 0.6 is 7.82 Å². The summed E-state index contributed by atoms with van der Waals surface area (Å²) < 4.78 is 28.3. The molecule has 146 valence electrons. The van der Waals surface area contributed by atoms with Crippen molar-refractivity contribution < 1.29 is 57.9 Å². The molecule has 2 aliphatic heterocycles. The molecule has 2 saturated heterocycles. The number of para-hydroxylation sites is 1. The maximum absolute atomic E-state index is 11.5. The summed E-state index contributed by atoms with van der Waals surface area (Å²) in [6.07, 6.45) is -1.12. The van der Waals surface area contributed by atoms with Gasteiger partial charge in [-0.15, -0.1) is 0 Å². The van der Waals surface area contributed by atoms with Crippen LogP contribution in [0.5, 0.6) is 0 Å². The number of phosphoric ester groups is 1. The first kappa shape index (κ1) is 20.9. The minimum Gasteiger partial charge on any atom is -0.756 e. The van der Waals surface area contributed by atoms with Crippen LogP contribution in [0.2, 0.25) is 0 Å². The third kappa shape index (κ3) is 3.86. The van der Waals surface area contributed by atoms with Gasteiger partial charge in [-0.2, -0.15) is 0 Å². The Hall–Kier alpha value is -1.40. The molecule has 1 aromatic carbocycles.